The maximum atomic E-state index is 13.1. The lowest BCUT2D eigenvalue weighted by Crippen LogP contribution is -2.33. The van der Waals surface area contributed by atoms with Crippen LogP contribution in [0.5, 0.6) is 11.5 Å². The Kier molecular flexibility index (Phi) is 7.58. The van der Waals surface area contributed by atoms with Gasteiger partial charge in [0.2, 0.25) is 5.91 Å². The fourth-order valence-corrected chi connectivity index (χ4v) is 4.42. The minimum atomic E-state index is -0.627. The molecular weight excluding hydrogens is 452 g/mol. The van der Waals surface area contributed by atoms with Crippen LogP contribution in [0.1, 0.15) is 24.4 Å². The Bertz CT molecular complexity index is 1210. The number of nitriles is 1. The monoisotopic (exact) mass is 476 g/mol. The van der Waals surface area contributed by atoms with Crippen molar-refractivity contribution >= 4 is 34.1 Å². The fourth-order valence-electron chi connectivity index (χ4n) is 4.20. The molecule has 1 saturated heterocycles. The van der Waals surface area contributed by atoms with Crippen LogP contribution in [-0.2, 0) is 14.3 Å². The van der Waals surface area contributed by atoms with Gasteiger partial charge in [0, 0.05) is 31.4 Å². The summed E-state index contributed by atoms with van der Waals surface area (Å²) in [6, 6.07) is 22.3. The standard InChI is InChI=1S/C26H24N2O5S/c1-30-17-31-21-13-12-18-8-5-6-11-20(18)24(21)25-22(16-23(29)28(25)15-7-14-27)33-26(34)32-19-9-3-2-4-10-19/h2-6,8-13,22,25H,7,15-17H2,1H3/t22-,25-/m0/s1. The minimum absolute atomic E-state index is 0.0469. The van der Waals surface area contributed by atoms with E-state index in [9.17, 15) is 10.1 Å². The van der Waals surface area contributed by atoms with E-state index >= 15 is 0 Å². The lowest BCUT2D eigenvalue weighted by atomic mass is 9.94. The number of ether oxygens (including phenoxy) is 4. The summed E-state index contributed by atoms with van der Waals surface area (Å²) in [5.74, 6) is 0.994. The van der Waals surface area contributed by atoms with Crippen LogP contribution in [0.2, 0.25) is 0 Å². The molecule has 3 aromatic rings. The number of likely N-dealkylation sites (tertiary alicyclic amines) is 1. The second-order valence-electron chi connectivity index (χ2n) is 7.71. The first-order valence-electron chi connectivity index (χ1n) is 10.9. The molecule has 1 aliphatic heterocycles. The van der Waals surface area contributed by atoms with Crippen LogP contribution in [0.4, 0.5) is 0 Å². The fraction of sp³-hybridized carbons (Fsp3) is 0.269. The average molecular weight is 477 g/mol. The van der Waals surface area contributed by atoms with Crippen molar-refractivity contribution in [1.82, 2.24) is 4.90 Å². The van der Waals surface area contributed by atoms with Crippen molar-refractivity contribution < 1.29 is 23.7 Å². The van der Waals surface area contributed by atoms with Crippen LogP contribution < -0.4 is 9.47 Å². The minimum Gasteiger partial charge on any atom is -0.467 e. The summed E-state index contributed by atoms with van der Waals surface area (Å²) in [4.78, 5) is 14.7. The highest BCUT2D eigenvalue weighted by atomic mass is 32.1. The van der Waals surface area contributed by atoms with E-state index in [1.165, 1.54) is 0 Å². The molecular formula is C26H24N2O5S. The summed E-state index contributed by atoms with van der Waals surface area (Å²) < 4.78 is 22.7. The van der Waals surface area contributed by atoms with E-state index in [2.05, 4.69) is 6.07 Å². The van der Waals surface area contributed by atoms with Gasteiger partial charge < -0.3 is 23.8 Å². The molecule has 4 rings (SSSR count). The van der Waals surface area contributed by atoms with Gasteiger partial charge >= 0.3 is 5.24 Å². The number of fused-ring (bicyclic) bond motifs is 1. The zero-order valence-corrected chi connectivity index (χ0v) is 19.5. The largest absolute Gasteiger partial charge is 0.467 e. The molecule has 0 aliphatic carbocycles. The summed E-state index contributed by atoms with van der Waals surface area (Å²) in [6.07, 6.45) is -0.335. The van der Waals surface area contributed by atoms with E-state index in [0.29, 0.717) is 11.5 Å². The van der Waals surface area contributed by atoms with Crippen LogP contribution >= 0.6 is 12.2 Å². The second kappa shape index (κ2) is 11.0. The third-order valence-corrected chi connectivity index (χ3v) is 5.78. The van der Waals surface area contributed by atoms with Gasteiger partial charge in [0.25, 0.3) is 0 Å². The molecule has 7 nitrogen and oxygen atoms in total. The zero-order valence-electron chi connectivity index (χ0n) is 18.7. The van der Waals surface area contributed by atoms with Crippen molar-refractivity contribution in [1.29, 1.82) is 5.26 Å². The number of carbonyl (C=O) groups excluding carboxylic acids is 1. The number of benzene rings is 3. The molecule has 0 saturated carbocycles. The molecule has 1 fully saturated rings. The quantitative estimate of drug-likeness (QED) is 0.343. The maximum Gasteiger partial charge on any atom is 0.358 e. The van der Waals surface area contributed by atoms with Crippen LogP contribution in [0.15, 0.2) is 66.7 Å². The Morgan fingerprint density at radius 3 is 2.65 bits per heavy atom. The molecule has 1 heterocycles. The van der Waals surface area contributed by atoms with Crippen molar-refractivity contribution in [3.8, 4) is 17.6 Å². The van der Waals surface area contributed by atoms with Gasteiger partial charge in [-0.3, -0.25) is 4.79 Å². The molecule has 0 radical (unpaired) electrons. The number of amides is 1. The Labute approximate surface area is 203 Å². The SMILES string of the molecule is COCOc1ccc2ccccc2c1[C@@H]1[C@@H](OC(=S)Oc2ccccc2)CC(=O)N1CCC#N. The summed E-state index contributed by atoms with van der Waals surface area (Å²) >= 11 is 5.36. The molecule has 34 heavy (non-hydrogen) atoms. The van der Waals surface area contributed by atoms with Gasteiger partial charge in [-0.25, -0.2) is 0 Å². The van der Waals surface area contributed by atoms with Crippen LogP contribution in [0.25, 0.3) is 10.8 Å². The lowest BCUT2D eigenvalue weighted by Gasteiger charge is -2.30. The molecule has 2 atom stereocenters. The number of methoxy groups -OCH3 is 1. The van der Waals surface area contributed by atoms with Gasteiger partial charge in [-0.05, 0) is 29.0 Å². The first-order valence-corrected chi connectivity index (χ1v) is 11.3. The maximum absolute atomic E-state index is 13.1. The van der Waals surface area contributed by atoms with E-state index < -0.39 is 12.1 Å². The number of carbonyl (C=O) groups is 1. The van der Waals surface area contributed by atoms with E-state index in [-0.39, 0.29) is 37.3 Å². The average Bonchev–Trinajstić information content (AvgIpc) is 3.15. The normalized spacial score (nSPS) is 17.4. The Balaban J connectivity index is 1.74. The number of hydrogen-bond donors (Lipinski definition) is 0. The van der Waals surface area contributed by atoms with Crippen LogP contribution in [-0.4, -0.2) is 42.6 Å². The third-order valence-electron chi connectivity index (χ3n) is 5.60. The Hall–Kier alpha value is -3.67. The molecule has 174 valence electrons. The van der Waals surface area contributed by atoms with Gasteiger partial charge in [0.15, 0.2) is 6.79 Å². The van der Waals surface area contributed by atoms with E-state index in [1.807, 2.05) is 54.6 Å². The van der Waals surface area contributed by atoms with Crippen LogP contribution in [0, 0.1) is 11.3 Å². The molecule has 0 spiro atoms. The van der Waals surface area contributed by atoms with Crippen molar-refractivity contribution in [3.63, 3.8) is 0 Å². The summed E-state index contributed by atoms with van der Waals surface area (Å²) in [6.45, 7) is 0.310. The molecule has 0 aromatic heterocycles. The van der Waals surface area contributed by atoms with E-state index in [0.717, 1.165) is 16.3 Å². The molecule has 8 heteroatoms. The summed E-state index contributed by atoms with van der Waals surface area (Å²) in [7, 11) is 1.55. The number of para-hydroxylation sites is 1. The molecule has 3 aromatic carbocycles. The molecule has 0 unspecified atom stereocenters. The Morgan fingerprint density at radius 1 is 1.12 bits per heavy atom. The second-order valence-corrected chi connectivity index (χ2v) is 8.05. The van der Waals surface area contributed by atoms with Crippen molar-refractivity contribution in [2.75, 3.05) is 20.4 Å². The molecule has 0 N–H and O–H groups in total. The van der Waals surface area contributed by atoms with Gasteiger partial charge in [0.1, 0.15) is 17.6 Å². The smallest absolute Gasteiger partial charge is 0.358 e. The number of nitrogens with zero attached hydrogens (tertiary/aromatic N) is 2. The Morgan fingerprint density at radius 2 is 1.88 bits per heavy atom. The van der Waals surface area contributed by atoms with Crippen molar-refractivity contribution in [2.24, 2.45) is 0 Å². The summed E-state index contributed by atoms with van der Waals surface area (Å²) in [5, 5.41) is 11.0. The van der Waals surface area contributed by atoms with Crippen molar-refractivity contribution in [3.05, 3.63) is 72.3 Å². The molecule has 1 amide bonds. The lowest BCUT2D eigenvalue weighted by molar-refractivity contribution is -0.128. The number of hydrogen-bond acceptors (Lipinski definition) is 7. The molecule has 1 aliphatic rings. The van der Waals surface area contributed by atoms with Gasteiger partial charge in [-0.15, -0.1) is 0 Å². The van der Waals surface area contributed by atoms with Gasteiger partial charge in [0.05, 0.1) is 25.0 Å². The topological polar surface area (TPSA) is 81.0 Å². The highest BCUT2D eigenvalue weighted by molar-refractivity contribution is 7.79. The third kappa shape index (κ3) is 5.11. The van der Waals surface area contributed by atoms with Gasteiger partial charge in [-0.2, -0.15) is 5.26 Å². The highest BCUT2D eigenvalue weighted by Crippen LogP contribution is 2.43. The molecule has 0 bridgehead atoms. The number of thiocarbonyl (C=S) groups is 1. The first kappa shape index (κ1) is 23.5. The first-order chi connectivity index (χ1) is 16.6. The summed E-state index contributed by atoms with van der Waals surface area (Å²) in [5.41, 5.74) is 0.784. The zero-order chi connectivity index (χ0) is 23.9. The van der Waals surface area contributed by atoms with Crippen LogP contribution in [0.3, 0.4) is 0 Å². The van der Waals surface area contributed by atoms with E-state index in [4.69, 9.17) is 31.2 Å². The van der Waals surface area contributed by atoms with E-state index in [1.54, 1.807) is 24.1 Å². The predicted octanol–water partition coefficient (Wildman–Crippen LogP) is 4.76. The highest BCUT2D eigenvalue weighted by Gasteiger charge is 2.44. The predicted molar refractivity (Wildman–Crippen MR) is 130 cm³/mol. The van der Waals surface area contributed by atoms with Crippen molar-refractivity contribution in [2.45, 2.75) is 25.0 Å². The number of rotatable bonds is 8. The van der Waals surface area contributed by atoms with Gasteiger partial charge in [-0.1, -0.05) is 48.5 Å².